The third-order valence-electron chi connectivity index (χ3n) is 2.24. The first kappa shape index (κ1) is 5.48. The molecule has 1 heteroatoms. The number of allylic oxidation sites excluding steroid dienone is 1. The van der Waals surface area contributed by atoms with Gasteiger partial charge in [0.15, 0.2) is 0 Å². The molecular formula is C8H12O. The molecule has 1 unspecified atom stereocenters. The molecule has 1 fully saturated rings. The van der Waals surface area contributed by atoms with Gasteiger partial charge in [0, 0.05) is 6.61 Å². The zero-order chi connectivity index (χ0) is 6.10. The van der Waals surface area contributed by atoms with E-state index >= 15 is 0 Å². The van der Waals surface area contributed by atoms with Crippen LogP contribution in [0.25, 0.3) is 0 Å². The molecule has 0 aromatic heterocycles. The van der Waals surface area contributed by atoms with Crippen molar-refractivity contribution in [2.45, 2.75) is 25.4 Å². The fraction of sp³-hybridized carbons (Fsp3) is 0.750. The van der Waals surface area contributed by atoms with Gasteiger partial charge in [0.1, 0.15) is 0 Å². The lowest BCUT2D eigenvalue weighted by Crippen LogP contribution is -2.09. The summed E-state index contributed by atoms with van der Waals surface area (Å²) < 4.78 is 5.51. The highest BCUT2D eigenvalue weighted by Crippen LogP contribution is 2.26. The molecule has 0 N–H and O–H groups in total. The largest absolute Gasteiger partial charge is 0.374 e. The summed E-state index contributed by atoms with van der Waals surface area (Å²) in [5.41, 5.74) is 0. The Morgan fingerprint density at radius 1 is 1.11 bits per heavy atom. The molecule has 0 saturated carbocycles. The van der Waals surface area contributed by atoms with Gasteiger partial charge in [-0.05, 0) is 25.2 Å². The van der Waals surface area contributed by atoms with Crippen molar-refractivity contribution in [3.63, 3.8) is 0 Å². The van der Waals surface area contributed by atoms with Crippen LogP contribution in [-0.2, 0) is 4.74 Å². The summed E-state index contributed by atoms with van der Waals surface area (Å²) in [5, 5.41) is 0. The summed E-state index contributed by atoms with van der Waals surface area (Å²) in [6.07, 6.45) is 8.85. The van der Waals surface area contributed by atoms with E-state index in [-0.39, 0.29) is 0 Å². The Balaban J connectivity index is 2.15. The van der Waals surface area contributed by atoms with E-state index < -0.39 is 0 Å². The van der Waals surface area contributed by atoms with E-state index in [1.54, 1.807) is 0 Å². The lowest BCUT2D eigenvalue weighted by Gasteiger charge is -2.14. The van der Waals surface area contributed by atoms with Crippen LogP contribution in [0.5, 0.6) is 0 Å². The quantitative estimate of drug-likeness (QED) is 0.447. The van der Waals surface area contributed by atoms with Crippen LogP contribution in [0.2, 0.25) is 0 Å². The molecular weight excluding hydrogens is 112 g/mol. The molecule has 3 rings (SSSR count). The van der Waals surface area contributed by atoms with E-state index in [0.717, 1.165) is 12.5 Å². The lowest BCUT2D eigenvalue weighted by molar-refractivity contribution is 0.0933. The Hall–Kier alpha value is -0.300. The van der Waals surface area contributed by atoms with Gasteiger partial charge in [0.2, 0.25) is 0 Å². The van der Waals surface area contributed by atoms with Crippen molar-refractivity contribution in [1.82, 2.24) is 0 Å². The molecule has 1 nitrogen and oxygen atoms in total. The molecule has 0 spiro atoms. The van der Waals surface area contributed by atoms with E-state index in [9.17, 15) is 0 Å². The highest BCUT2D eigenvalue weighted by atomic mass is 16.5. The average molecular weight is 124 g/mol. The van der Waals surface area contributed by atoms with E-state index in [2.05, 4.69) is 12.2 Å². The summed E-state index contributed by atoms with van der Waals surface area (Å²) in [6.45, 7) is 0.975. The number of hydrogen-bond donors (Lipinski definition) is 0. The van der Waals surface area contributed by atoms with Gasteiger partial charge >= 0.3 is 0 Å². The summed E-state index contributed by atoms with van der Waals surface area (Å²) in [5.74, 6) is 0.837. The summed E-state index contributed by atoms with van der Waals surface area (Å²) in [7, 11) is 0. The standard InChI is InChI=1S/C8H12O/c1-3-8-4-2-7(1)5-6-9-8/h1,3,7-8H,2,4-6H2/t7-,8?/m1/s1. The van der Waals surface area contributed by atoms with Crippen LogP contribution in [0, 0.1) is 5.92 Å². The van der Waals surface area contributed by atoms with E-state index in [1.165, 1.54) is 19.3 Å². The molecule has 0 amide bonds. The minimum absolute atomic E-state index is 0.462. The molecule has 2 atom stereocenters. The zero-order valence-electron chi connectivity index (χ0n) is 5.55. The van der Waals surface area contributed by atoms with Crippen molar-refractivity contribution < 1.29 is 4.74 Å². The number of rotatable bonds is 0. The molecule has 1 aliphatic carbocycles. The molecule has 3 aliphatic rings. The third kappa shape index (κ3) is 1.01. The molecule has 1 saturated heterocycles. The Morgan fingerprint density at radius 2 is 2.11 bits per heavy atom. The summed E-state index contributed by atoms with van der Waals surface area (Å²) in [6, 6.07) is 0. The van der Waals surface area contributed by atoms with Gasteiger partial charge in [-0.25, -0.2) is 0 Å². The van der Waals surface area contributed by atoms with E-state index in [4.69, 9.17) is 4.74 Å². The second-order valence-electron chi connectivity index (χ2n) is 2.92. The van der Waals surface area contributed by atoms with Crippen LogP contribution in [0.4, 0.5) is 0 Å². The van der Waals surface area contributed by atoms with Crippen molar-refractivity contribution >= 4 is 0 Å². The number of hydrogen-bond acceptors (Lipinski definition) is 1. The van der Waals surface area contributed by atoms with Crippen LogP contribution in [0.15, 0.2) is 12.2 Å². The van der Waals surface area contributed by atoms with E-state index in [1.807, 2.05) is 0 Å². The highest BCUT2D eigenvalue weighted by molar-refractivity contribution is 5.00. The summed E-state index contributed by atoms with van der Waals surface area (Å²) >= 11 is 0. The van der Waals surface area contributed by atoms with Crippen molar-refractivity contribution in [1.29, 1.82) is 0 Å². The average Bonchev–Trinajstić information content (AvgIpc) is 2.21. The Kier molecular flexibility index (Phi) is 1.31. The van der Waals surface area contributed by atoms with Gasteiger partial charge in [0.25, 0.3) is 0 Å². The van der Waals surface area contributed by atoms with Crippen LogP contribution < -0.4 is 0 Å². The number of ether oxygens (including phenoxy) is 1. The molecule has 0 aromatic rings. The molecule has 50 valence electrons. The predicted octanol–water partition coefficient (Wildman–Crippen LogP) is 1.74. The fourth-order valence-electron chi connectivity index (χ4n) is 1.60. The molecule has 9 heavy (non-hydrogen) atoms. The van der Waals surface area contributed by atoms with Crippen LogP contribution in [-0.4, -0.2) is 12.7 Å². The van der Waals surface area contributed by atoms with Gasteiger partial charge in [-0.1, -0.05) is 12.2 Å². The maximum Gasteiger partial charge on any atom is 0.0756 e. The predicted molar refractivity (Wildman–Crippen MR) is 36.2 cm³/mol. The maximum absolute atomic E-state index is 5.51. The SMILES string of the molecule is C1=C[C@H]2CCOC1CC2. The third-order valence-corrected chi connectivity index (χ3v) is 2.24. The highest BCUT2D eigenvalue weighted by Gasteiger charge is 2.19. The normalized spacial score (nSPS) is 40.9. The molecule has 2 heterocycles. The number of fused-ring (bicyclic) bond motifs is 3. The first-order valence-corrected chi connectivity index (χ1v) is 3.75. The molecule has 2 bridgehead atoms. The van der Waals surface area contributed by atoms with Crippen molar-refractivity contribution in [3.05, 3.63) is 12.2 Å². The van der Waals surface area contributed by atoms with Gasteiger partial charge in [-0.2, -0.15) is 0 Å². The Labute approximate surface area is 55.7 Å². The minimum Gasteiger partial charge on any atom is -0.374 e. The van der Waals surface area contributed by atoms with Gasteiger partial charge < -0.3 is 4.74 Å². The Morgan fingerprint density at radius 3 is 2.89 bits per heavy atom. The van der Waals surface area contributed by atoms with Crippen LogP contribution in [0.3, 0.4) is 0 Å². The van der Waals surface area contributed by atoms with Crippen molar-refractivity contribution in [2.24, 2.45) is 5.92 Å². The second-order valence-corrected chi connectivity index (χ2v) is 2.92. The maximum atomic E-state index is 5.51. The summed E-state index contributed by atoms with van der Waals surface area (Å²) in [4.78, 5) is 0. The topological polar surface area (TPSA) is 9.23 Å². The molecule has 0 radical (unpaired) electrons. The molecule has 0 aromatic carbocycles. The van der Waals surface area contributed by atoms with Gasteiger partial charge in [-0.15, -0.1) is 0 Å². The smallest absolute Gasteiger partial charge is 0.0756 e. The zero-order valence-corrected chi connectivity index (χ0v) is 5.55. The van der Waals surface area contributed by atoms with E-state index in [0.29, 0.717) is 6.10 Å². The first-order chi connectivity index (χ1) is 4.45. The lowest BCUT2D eigenvalue weighted by atomic mass is 9.94. The van der Waals surface area contributed by atoms with Crippen LogP contribution >= 0.6 is 0 Å². The first-order valence-electron chi connectivity index (χ1n) is 3.75. The van der Waals surface area contributed by atoms with Crippen molar-refractivity contribution in [3.8, 4) is 0 Å². The minimum atomic E-state index is 0.462. The van der Waals surface area contributed by atoms with Gasteiger partial charge in [-0.3, -0.25) is 0 Å². The van der Waals surface area contributed by atoms with Crippen molar-refractivity contribution in [2.75, 3.05) is 6.61 Å². The fourth-order valence-corrected chi connectivity index (χ4v) is 1.60. The second kappa shape index (κ2) is 2.14. The Bertz CT molecular complexity index is 111. The van der Waals surface area contributed by atoms with Crippen LogP contribution in [0.1, 0.15) is 19.3 Å². The van der Waals surface area contributed by atoms with Gasteiger partial charge in [0.05, 0.1) is 6.10 Å². The monoisotopic (exact) mass is 124 g/mol. The molecule has 2 aliphatic heterocycles.